The molecule has 0 aromatic heterocycles. The molecule has 14 nitrogen and oxygen atoms in total. The highest BCUT2D eigenvalue weighted by molar-refractivity contribution is 5.94. The Morgan fingerprint density at radius 3 is 2.14 bits per heavy atom. The quantitative estimate of drug-likeness (QED) is 0.0625. The molecule has 14 heteroatoms. The Kier molecular flexibility index (Phi) is 13.2. The molecule has 1 saturated heterocycles. The van der Waals surface area contributed by atoms with Crippen molar-refractivity contribution in [2.24, 2.45) is 28.1 Å². The van der Waals surface area contributed by atoms with E-state index in [1.807, 2.05) is 13.8 Å². The molecule has 1 rings (SSSR count). The molecule has 0 spiro atoms. The standard InChI is InChI=1S/C22H40N8O6/c1-12(2)11-16(30-18(32)13-5-3-9-26-13)20(34)28-14(7-8-17(23)31)19(33)29-15(21(35)36)6-4-10-27-22(24)25/h12-16,26H,3-11H2,1-2H3,(H2,23,31)(H,28,34)(H,29,33)(H,30,32)(H,35,36)(H4,24,25,27). The first kappa shape index (κ1) is 30.6. The second-order valence-corrected chi connectivity index (χ2v) is 9.25. The van der Waals surface area contributed by atoms with Crippen molar-refractivity contribution in [2.75, 3.05) is 13.1 Å². The predicted octanol–water partition coefficient (Wildman–Crippen LogP) is -2.36. The van der Waals surface area contributed by atoms with Crippen molar-refractivity contribution in [3.05, 3.63) is 0 Å². The van der Waals surface area contributed by atoms with Gasteiger partial charge in [-0.25, -0.2) is 4.79 Å². The third-order valence-electron chi connectivity index (χ3n) is 5.59. The van der Waals surface area contributed by atoms with Crippen LogP contribution >= 0.6 is 0 Å². The van der Waals surface area contributed by atoms with Crippen LogP contribution in [0.25, 0.3) is 0 Å². The van der Waals surface area contributed by atoms with E-state index in [0.717, 1.165) is 6.42 Å². The number of hydrogen-bond donors (Lipinski definition) is 8. The van der Waals surface area contributed by atoms with Crippen molar-refractivity contribution in [2.45, 2.75) is 83.0 Å². The normalized spacial score (nSPS) is 17.5. The van der Waals surface area contributed by atoms with Crippen molar-refractivity contribution >= 4 is 35.6 Å². The first-order chi connectivity index (χ1) is 16.9. The highest BCUT2D eigenvalue weighted by atomic mass is 16.4. The van der Waals surface area contributed by atoms with Crippen LogP contribution in [0.4, 0.5) is 0 Å². The maximum atomic E-state index is 13.1. The molecule has 0 aliphatic carbocycles. The van der Waals surface area contributed by atoms with E-state index >= 15 is 0 Å². The topological polar surface area (TPSA) is 244 Å². The van der Waals surface area contributed by atoms with Crippen LogP contribution in [0.1, 0.15) is 58.8 Å². The van der Waals surface area contributed by atoms with Gasteiger partial charge in [0, 0.05) is 13.0 Å². The number of aliphatic carboxylic acids is 1. The van der Waals surface area contributed by atoms with Gasteiger partial charge in [0.1, 0.15) is 18.1 Å². The van der Waals surface area contributed by atoms with E-state index in [-0.39, 0.29) is 50.0 Å². The van der Waals surface area contributed by atoms with Crippen LogP contribution in [0.3, 0.4) is 0 Å². The molecule has 4 atom stereocenters. The average Bonchev–Trinajstić information content (AvgIpc) is 3.32. The molecule has 1 heterocycles. The van der Waals surface area contributed by atoms with Crippen LogP contribution < -0.4 is 38.5 Å². The summed E-state index contributed by atoms with van der Waals surface area (Å²) in [7, 11) is 0. The first-order valence-corrected chi connectivity index (χ1v) is 12.1. The number of hydrogen-bond acceptors (Lipinski definition) is 7. The van der Waals surface area contributed by atoms with Gasteiger partial charge in [0.15, 0.2) is 5.96 Å². The van der Waals surface area contributed by atoms with Gasteiger partial charge in [0.25, 0.3) is 0 Å². The Labute approximate surface area is 210 Å². The summed E-state index contributed by atoms with van der Waals surface area (Å²) >= 11 is 0. The summed E-state index contributed by atoms with van der Waals surface area (Å²) in [5, 5.41) is 20.2. The number of carboxylic acid groups (broad SMARTS) is 1. The molecular formula is C22H40N8O6. The van der Waals surface area contributed by atoms with Crippen LogP contribution in [-0.2, 0) is 24.0 Å². The number of amides is 4. The fraction of sp³-hybridized carbons (Fsp3) is 0.727. The monoisotopic (exact) mass is 512 g/mol. The molecule has 4 unspecified atom stereocenters. The number of primary amides is 1. The average molecular weight is 513 g/mol. The van der Waals surface area contributed by atoms with Gasteiger partial charge >= 0.3 is 5.97 Å². The van der Waals surface area contributed by atoms with Crippen LogP contribution in [-0.4, -0.2) is 77.9 Å². The molecule has 1 aliphatic heterocycles. The van der Waals surface area contributed by atoms with Crippen molar-refractivity contribution < 1.29 is 29.1 Å². The summed E-state index contributed by atoms with van der Waals surface area (Å²) < 4.78 is 0. The summed E-state index contributed by atoms with van der Waals surface area (Å²) in [6, 6.07) is -3.81. The van der Waals surface area contributed by atoms with Gasteiger partial charge < -0.3 is 43.6 Å². The maximum absolute atomic E-state index is 13.1. The fourth-order valence-corrected chi connectivity index (χ4v) is 3.74. The van der Waals surface area contributed by atoms with Gasteiger partial charge in [0.05, 0.1) is 6.04 Å². The van der Waals surface area contributed by atoms with E-state index in [4.69, 9.17) is 17.2 Å². The summed E-state index contributed by atoms with van der Waals surface area (Å²) in [6.45, 7) is 4.66. The molecule has 0 aromatic carbocycles. The lowest BCUT2D eigenvalue weighted by molar-refractivity contribution is -0.142. The predicted molar refractivity (Wildman–Crippen MR) is 132 cm³/mol. The molecule has 0 bridgehead atoms. The highest BCUT2D eigenvalue weighted by Crippen LogP contribution is 2.10. The minimum absolute atomic E-state index is 0.0365. The molecular weight excluding hydrogens is 472 g/mol. The maximum Gasteiger partial charge on any atom is 0.326 e. The summed E-state index contributed by atoms with van der Waals surface area (Å²) in [4.78, 5) is 65.3. The number of carbonyl (C=O) groups is 5. The summed E-state index contributed by atoms with van der Waals surface area (Å²) in [5.74, 6) is -3.75. The fourth-order valence-electron chi connectivity index (χ4n) is 3.74. The Bertz CT molecular complexity index is 808. The van der Waals surface area contributed by atoms with Gasteiger partial charge in [-0.1, -0.05) is 13.8 Å². The second-order valence-electron chi connectivity index (χ2n) is 9.25. The lowest BCUT2D eigenvalue weighted by Crippen LogP contribution is -2.57. The molecule has 1 aliphatic rings. The number of rotatable bonds is 16. The Morgan fingerprint density at radius 2 is 1.61 bits per heavy atom. The summed E-state index contributed by atoms with van der Waals surface area (Å²) in [5.41, 5.74) is 15.7. The van der Waals surface area contributed by atoms with Crippen LogP contribution in [0, 0.1) is 5.92 Å². The molecule has 0 saturated carbocycles. The zero-order chi connectivity index (χ0) is 27.3. The van der Waals surface area contributed by atoms with Crippen molar-refractivity contribution in [1.82, 2.24) is 21.3 Å². The van der Waals surface area contributed by atoms with E-state index in [0.29, 0.717) is 19.4 Å². The third-order valence-corrected chi connectivity index (χ3v) is 5.59. The molecule has 0 radical (unpaired) electrons. The first-order valence-electron chi connectivity index (χ1n) is 12.1. The van der Waals surface area contributed by atoms with E-state index in [1.54, 1.807) is 0 Å². The number of guanidine groups is 1. The molecule has 204 valence electrons. The zero-order valence-corrected chi connectivity index (χ0v) is 20.9. The number of nitrogens with one attached hydrogen (secondary N) is 4. The molecule has 0 aromatic rings. The smallest absolute Gasteiger partial charge is 0.326 e. The largest absolute Gasteiger partial charge is 0.480 e. The Balaban J connectivity index is 2.91. The van der Waals surface area contributed by atoms with Gasteiger partial charge in [-0.05, 0) is 51.0 Å². The second kappa shape index (κ2) is 15.5. The number of nitrogens with two attached hydrogens (primary N) is 3. The minimum atomic E-state index is -1.28. The van der Waals surface area contributed by atoms with Gasteiger partial charge in [-0.15, -0.1) is 0 Å². The zero-order valence-electron chi connectivity index (χ0n) is 20.9. The van der Waals surface area contributed by atoms with Gasteiger partial charge in [-0.2, -0.15) is 0 Å². The molecule has 36 heavy (non-hydrogen) atoms. The highest BCUT2D eigenvalue weighted by Gasteiger charge is 2.31. The number of carbonyl (C=O) groups excluding carboxylic acids is 4. The third kappa shape index (κ3) is 11.8. The summed E-state index contributed by atoms with van der Waals surface area (Å²) in [6.07, 6.45) is 1.79. The van der Waals surface area contributed by atoms with Gasteiger partial charge in [0.2, 0.25) is 23.6 Å². The minimum Gasteiger partial charge on any atom is -0.480 e. The van der Waals surface area contributed by atoms with E-state index in [2.05, 4.69) is 26.3 Å². The Hall–Kier alpha value is -3.42. The lowest BCUT2D eigenvalue weighted by atomic mass is 10.0. The van der Waals surface area contributed by atoms with Crippen LogP contribution in [0.5, 0.6) is 0 Å². The van der Waals surface area contributed by atoms with Crippen molar-refractivity contribution in [3.8, 4) is 0 Å². The van der Waals surface area contributed by atoms with E-state index < -0.39 is 47.9 Å². The number of nitrogens with zero attached hydrogens (tertiary/aromatic N) is 1. The van der Waals surface area contributed by atoms with E-state index in [1.165, 1.54) is 0 Å². The molecule has 4 amide bonds. The molecule has 1 fully saturated rings. The van der Waals surface area contributed by atoms with Crippen molar-refractivity contribution in [1.29, 1.82) is 0 Å². The SMILES string of the molecule is CC(C)CC(NC(=O)C1CCCN1)C(=O)NC(CCC(N)=O)C(=O)NC(CCCN=C(N)N)C(=O)O. The van der Waals surface area contributed by atoms with Crippen LogP contribution in [0.15, 0.2) is 4.99 Å². The lowest BCUT2D eigenvalue weighted by Gasteiger charge is -2.26. The van der Waals surface area contributed by atoms with Gasteiger partial charge in [-0.3, -0.25) is 24.2 Å². The van der Waals surface area contributed by atoms with Crippen LogP contribution in [0.2, 0.25) is 0 Å². The molecule has 11 N–H and O–H groups in total. The number of aliphatic imine (C=N–C) groups is 1. The van der Waals surface area contributed by atoms with Crippen molar-refractivity contribution in [3.63, 3.8) is 0 Å². The Morgan fingerprint density at radius 1 is 0.972 bits per heavy atom. The van der Waals surface area contributed by atoms with E-state index in [9.17, 15) is 29.1 Å². The number of carboxylic acids is 1.